The topological polar surface area (TPSA) is 29.4 Å². The molecule has 0 fully saturated rings. The van der Waals surface area contributed by atoms with Gasteiger partial charge in [-0.05, 0) is 30.2 Å². The molecule has 0 saturated carbocycles. The van der Waals surface area contributed by atoms with E-state index < -0.39 is 0 Å². The lowest BCUT2D eigenvalue weighted by atomic mass is 10.1. The fourth-order valence-corrected chi connectivity index (χ4v) is 2.67. The number of hydrogen-bond acceptors (Lipinski definition) is 3. The Hall–Kier alpha value is -1.05. The molecule has 3 heteroatoms. The molecule has 1 unspecified atom stereocenters. The van der Waals surface area contributed by atoms with Crippen LogP contribution in [0.3, 0.4) is 0 Å². The summed E-state index contributed by atoms with van der Waals surface area (Å²) >= 11 is 1.88. The van der Waals surface area contributed by atoms with Crippen molar-refractivity contribution in [1.82, 2.24) is 0 Å². The number of isocyanates is 1. The first-order valence-corrected chi connectivity index (χ1v) is 5.05. The number of rotatable bonds is 1. The zero-order valence-electron chi connectivity index (χ0n) is 7.28. The highest BCUT2D eigenvalue weighted by Gasteiger charge is 2.18. The van der Waals surface area contributed by atoms with Gasteiger partial charge >= 0.3 is 0 Å². The highest BCUT2D eigenvalue weighted by molar-refractivity contribution is 8.00. The maximum atomic E-state index is 10.0. The Bertz CT molecular complexity index is 383. The molecule has 1 aliphatic rings. The minimum Gasteiger partial charge on any atom is -0.211 e. The maximum Gasteiger partial charge on any atom is 0.240 e. The first-order valence-electron chi connectivity index (χ1n) is 4.17. The summed E-state index contributed by atoms with van der Waals surface area (Å²) in [5, 5.41) is 0.644. The van der Waals surface area contributed by atoms with Crippen molar-refractivity contribution in [3.05, 3.63) is 23.8 Å². The molecule has 1 aliphatic heterocycles. The summed E-state index contributed by atoms with van der Waals surface area (Å²) in [4.78, 5) is 15.0. The molecule has 0 radical (unpaired) electrons. The van der Waals surface area contributed by atoms with E-state index in [0.29, 0.717) is 10.9 Å². The summed E-state index contributed by atoms with van der Waals surface area (Å²) in [6.07, 6.45) is 2.63. The SMILES string of the molecule is CC1Cc2cc(N=C=O)ccc2S1. The fourth-order valence-electron chi connectivity index (χ4n) is 1.53. The molecule has 1 heterocycles. The number of fused-ring (bicyclic) bond motifs is 1. The van der Waals surface area contributed by atoms with Gasteiger partial charge in [-0.3, -0.25) is 0 Å². The van der Waals surface area contributed by atoms with Crippen molar-refractivity contribution in [2.45, 2.75) is 23.5 Å². The third-order valence-corrected chi connectivity index (χ3v) is 3.28. The summed E-state index contributed by atoms with van der Waals surface area (Å²) < 4.78 is 0. The van der Waals surface area contributed by atoms with Gasteiger partial charge in [0.1, 0.15) is 0 Å². The Labute approximate surface area is 81.1 Å². The molecule has 0 aromatic heterocycles. The van der Waals surface area contributed by atoms with Crippen LogP contribution in [0.15, 0.2) is 28.1 Å². The Balaban J connectivity index is 2.39. The predicted molar refractivity (Wildman–Crippen MR) is 53.2 cm³/mol. The second-order valence-corrected chi connectivity index (χ2v) is 4.61. The van der Waals surface area contributed by atoms with Crippen LogP contribution in [-0.4, -0.2) is 11.3 Å². The van der Waals surface area contributed by atoms with Crippen molar-refractivity contribution in [2.24, 2.45) is 4.99 Å². The van der Waals surface area contributed by atoms with E-state index in [9.17, 15) is 4.79 Å². The standard InChI is InChI=1S/C10H9NOS/c1-7-4-8-5-9(11-6-12)2-3-10(8)13-7/h2-3,5,7H,4H2,1H3. The number of thioether (sulfide) groups is 1. The van der Waals surface area contributed by atoms with E-state index in [1.165, 1.54) is 10.5 Å². The first kappa shape index (κ1) is 8.54. The Kier molecular flexibility index (Phi) is 2.21. The second kappa shape index (κ2) is 3.36. The number of carbonyl (C=O) groups excluding carboxylic acids is 1. The van der Waals surface area contributed by atoms with Crippen LogP contribution >= 0.6 is 11.8 Å². The van der Waals surface area contributed by atoms with Gasteiger partial charge in [0, 0.05) is 10.1 Å². The van der Waals surface area contributed by atoms with Crippen molar-refractivity contribution < 1.29 is 4.79 Å². The number of aliphatic imine (C=N–C) groups is 1. The van der Waals surface area contributed by atoms with E-state index in [-0.39, 0.29) is 0 Å². The van der Waals surface area contributed by atoms with Crippen LogP contribution in [0, 0.1) is 0 Å². The van der Waals surface area contributed by atoms with E-state index >= 15 is 0 Å². The van der Waals surface area contributed by atoms with Gasteiger partial charge in [0.15, 0.2) is 0 Å². The van der Waals surface area contributed by atoms with Crippen molar-refractivity contribution in [2.75, 3.05) is 0 Å². The third kappa shape index (κ3) is 1.67. The van der Waals surface area contributed by atoms with Crippen LogP contribution in [0.25, 0.3) is 0 Å². The zero-order chi connectivity index (χ0) is 9.26. The van der Waals surface area contributed by atoms with Gasteiger partial charge in [0.2, 0.25) is 6.08 Å². The lowest BCUT2D eigenvalue weighted by Gasteiger charge is -1.96. The fraction of sp³-hybridized carbons (Fsp3) is 0.300. The van der Waals surface area contributed by atoms with Crippen LogP contribution in [-0.2, 0) is 11.2 Å². The van der Waals surface area contributed by atoms with E-state index in [4.69, 9.17) is 0 Å². The lowest BCUT2D eigenvalue weighted by molar-refractivity contribution is 0.565. The van der Waals surface area contributed by atoms with Gasteiger partial charge < -0.3 is 0 Å². The summed E-state index contributed by atoms with van der Waals surface area (Å²) in [5.41, 5.74) is 2.01. The summed E-state index contributed by atoms with van der Waals surface area (Å²) in [5.74, 6) is 0. The highest BCUT2D eigenvalue weighted by atomic mass is 32.2. The molecule has 0 spiro atoms. The molecule has 13 heavy (non-hydrogen) atoms. The van der Waals surface area contributed by atoms with Gasteiger partial charge in [0.25, 0.3) is 0 Å². The molecule has 0 N–H and O–H groups in total. The van der Waals surface area contributed by atoms with Gasteiger partial charge in [0.05, 0.1) is 5.69 Å². The van der Waals surface area contributed by atoms with E-state index in [0.717, 1.165) is 6.42 Å². The number of benzene rings is 1. The summed E-state index contributed by atoms with van der Waals surface area (Å²) in [6, 6.07) is 5.85. The highest BCUT2D eigenvalue weighted by Crippen LogP contribution is 2.38. The largest absolute Gasteiger partial charge is 0.240 e. The molecule has 2 nitrogen and oxygen atoms in total. The van der Waals surface area contributed by atoms with Crippen LogP contribution in [0.5, 0.6) is 0 Å². The number of hydrogen-bond donors (Lipinski definition) is 0. The first-order chi connectivity index (χ1) is 6.29. The Morgan fingerprint density at radius 2 is 2.46 bits per heavy atom. The van der Waals surface area contributed by atoms with Crippen LogP contribution in [0.1, 0.15) is 12.5 Å². The van der Waals surface area contributed by atoms with E-state index in [1.807, 2.05) is 30.0 Å². The maximum absolute atomic E-state index is 10.0. The summed E-state index contributed by atoms with van der Waals surface area (Å²) in [7, 11) is 0. The molecule has 0 aliphatic carbocycles. The predicted octanol–water partition coefficient (Wildman–Crippen LogP) is 2.69. The van der Waals surface area contributed by atoms with Gasteiger partial charge in [-0.15, -0.1) is 11.8 Å². The van der Waals surface area contributed by atoms with Crippen molar-refractivity contribution >= 4 is 23.5 Å². The Morgan fingerprint density at radius 1 is 1.62 bits per heavy atom. The second-order valence-electron chi connectivity index (χ2n) is 3.13. The van der Waals surface area contributed by atoms with Crippen LogP contribution in [0.2, 0.25) is 0 Å². The average Bonchev–Trinajstić information content (AvgIpc) is 2.44. The molecule has 0 amide bonds. The smallest absolute Gasteiger partial charge is 0.211 e. The van der Waals surface area contributed by atoms with Crippen LogP contribution in [0.4, 0.5) is 5.69 Å². The molecule has 2 rings (SSSR count). The minimum atomic E-state index is 0.644. The normalized spacial score (nSPS) is 19.3. The zero-order valence-corrected chi connectivity index (χ0v) is 8.10. The minimum absolute atomic E-state index is 0.644. The monoisotopic (exact) mass is 191 g/mol. The van der Waals surface area contributed by atoms with Crippen molar-refractivity contribution in [3.63, 3.8) is 0 Å². The number of nitrogens with zero attached hydrogens (tertiary/aromatic N) is 1. The van der Waals surface area contributed by atoms with E-state index in [2.05, 4.69) is 11.9 Å². The van der Waals surface area contributed by atoms with Crippen molar-refractivity contribution in [3.8, 4) is 0 Å². The van der Waals surface area contributed by atoms with Gasteiger partial charge in [-0.25, -0.2) is 4.79 Å². The molecule has 1 aromatic carbocycles. The van der Waals surface area contributed by atoms with Gasteiger partial charge in [-0.2, -0.15) is 4.99 Å². The Morgan fingerprint density at radius 3 is 3.23 bits per heavy atom. The molecule has 0 bridgehead atoms. The molecular weight excluding hydrogens is 182 g/mol. The molecule has 0 saturated heterocycles. The third-order valence-electron chi connectivity index (χ3n) is 2.05. The quantitative estimate of drug-likeness (QED) is 0.504. The van der Waals surface area contributed by atoms with Crippen LogP contribution < -0.4 is 0 Å². The van der Waals surface area contributed by atoms with Gasteiger partial charge in [-0.1, -0.05) is 6.92 Å². The lowest BCUT2D eigenvalue weighted by Crippen LogP contribution is -1.90. The van der Waals surface area contributed by atoms with Crippen molar-refractivity contribution in [1.29, 1.82) is 0 Å². The molecular formula is C10H9NOS. The average molecular weight is 191 g/mol. The summed E-state index contributed by atoms with van der Waals surface area (Å²) in [6.45, 7) is 2.20. The molecule has 1 atom stereocenters. The van der Waals surface area contributed by atoms with E-state index in [1.54, 1.807) is 6.08 Å². The molecule has 1 aromatic rings. The molecule has 66 valence electrons.